The summed E-state index contributed by atoms with van der Waals surface area (Å²) in [6.45, 7) is 8.80. The van der Waals surface area contributed by atoms with Crippen LogP contribution in [0.5, 0.6) is 0 Å². The van der Waals surface area contributed by atoms with E-state index in [2.05, 4.69) is 21.8 Å². The van der Waals surface area contributed by atoms with E-state index in [0.29, 0.717) is 54.3 Å². The summed E-state index contributed by atoms with van der Waals surface area (Å²) in [6, 6.07) is 4.74. The summed E-state index contributed by atoms with van der Waals surface area (Å²) >= 11 is 1.37. The van der Waals surface area contributed by atoms with Gasteiger partial charge in [-0.05, 0) is 51.3 Å². The van der Waals surface area contributed by atoms with Crippen molar-refractivity contribution in [3.05, 3.63) is 57.3 Å². The van der Waals surface area contributed by atoms with E-state index in [1.54, 1.807) is 12.3 Å². The van der Waals surface area contributed by atoms with Crippen LogP contribution in [0.3, 0.4) is 0 Å². The van der Waals surface area contributed by atoms with Crippen LogP contribution in [0.15, 0.2) is 30.6 Å². The van der Waals surface area contributed by atoms with Crippen molar-refractivity contribution in [2.45, 2.75) is 71.3 Å². The third-order valence-corrected chi connectivity index (χ3v) is 9.52. The van der Waals surface area contributed by atoms with Gasteiger partial charge in [0.2, 0.25) is 0 Å². The molecule has 0 saturated carbocycles. The average molecular weight is 631 g/mol. The third kappa shape index (κ3) is 7.27. The molecule has 9 nitrogen and oxygen atoms in total. The van der Waals surface area contributed by atoms with Crippen LogP contribution in [-0.2, 0) is 23.9 Å². The first-order valence-electron chi connectivity index (χ1n) is 14.9. The van der Waals surface area contributed by atoms with Gasteiger partial charge < -0.3 is 10.0 Å². The number of carboxylic acid groups (broad SMARTS) is 1. The summed E-state index contributed by atoms with van der Waals surface area (Å²) in [7, 11) is 0. The number of thiazole rings is 1. The quantitative estimate of drug-likeness (QED) is 0.298. The van der Waals surface area contributed by atoms with E-state index in [4.69, 9.17) is 10.1 Å². The Bertz CT molecular complexity index is 1500. The summed E-state index contributed by atoms with van der Waals surface area (Å²) in [5.74, 6) is -0.527. The van der Waals surface area contributed by atoms with Gasteiger partial charge in [0.25, 0.3) is 0 Å². The van der Waals surface area contributed by atoms with Crippen LogP contribution in [0.1, 0.15) is 64.6 Å². The highest BCUT2D eigenvalue weighted by molar-refractivity contribution is 7.12. The molecular formula is C31H37F3N6O3S. The Kier molecular flexibility index (Phi) is 9.66. The number of halogens is 3. The molecule has 0 aliphatic carbocycles. The summed E-state index contributed by atoms with van der Waals surface area (Å²) in [5, 5.41) is 9.60. The van der Waals surface area contributed by atoms with E-state index in [1.165, 1.54) is 30.5 Å². The van der Waals surface area contributed by atoms with Crippen molar-refractivity contribution in [3.8, 4) is 11.3 Å². The largest absolute Gasteiger partial charge is 0.480 e. The van der Waals surface area contributed by atoms with Crippen LogP contribution in [0.2, 0.25) is 0 Å². The van der Waals surface area contributed by atoms with Crippen molar-refractivity contribution in [1.29, 1.82) is 0 Å². The number of carbonyl (C=O) groups excluding carboxylic acids is 1. The van der Waals surface area contributed by atoms with Gasteiger partial charge in [-0.15, -0.1) is 11.3 Å². The molecular weight excluding hydrogens is 593 g/mol. The Morgan fingerprint density at radius 2 is 1.93 bits per heavy atom. The molecule has 2 aliphatic heterocycles. The number of carbonyl (C=O) groups is 2. The maximum absolute atomic E-state index is 13.8. The molecule has 2 fully saturated rings. The van der Waals surface area contributed by atoms with Crippen LogP contribution in [-0.4, -0.2) is 86.4 Å². The van der Waals surface area contributed by atoms with Crippen molar-refractivity contribution in [2.75, 3.05) is 37.6 Å². The first-order chi connectivity index (χ1) is 20.9. The van der Waals surface area contributed by atoms with Gasteiger partial charge in [0.1, 0.15) is 16.5 Å². The molecule has 1 aromatic carbocycles. The molecule has 2 aliphatic rings. The molecule has 236 valence electrons. The Balaban J connectivity index is 1.35. The fourth-order valence-electron chi connectivity index (χ4n) is 6.18. The van der Waals surface area contributed by atoms with E-state index in [9.17, 15) is 22.8 Å². The Labute approximate surface area is 258 Å². The van der Waals surface area contributed by atoms with Gasteiger partial charge in [0, 0.05) is 48.7 Å². The number of nitrogens with zero attached hydrogens (tertiary/aromatic N) is 6. The lowest BCUT2D eigenvalue weighted by atomic mass is 10.0. The predicted molar refractivity (Wildman–Crippen MR) is 162 cm³/mol. The molecule has 2 atom stereocenters. The molecule has 44 heavy (non-hydrogen) atoms. The van der Waals surface area contributed by atoms with Crippen molar-refractivity contribution >= 4 is 28.9 Å². The number of benzene rings is 1. The molecule has 0 bridgehead atoms. The zero-order valence-corrected chi connectivity index (χ0v) is 25.9. The van der Waals surface area contributed by atoms with E-state index in [0.717, 1.165) is 36.8 Å². The summed E-state index contributed by atoms with van der Waals surface area (Å²) < 4.78 is 41.3. The van der Waals surface area contributed by atoms with Crippen LogP contribution >= 0.6 is 11.3 Å². The highest BCUT2D eigenvalue weighted by atomic mass is 32.1. The van der Waals surface area contributed by atoms with Crippen molar-refractivity contribution < 1.29 is 27.9 Å². The van der Waals surface area contributed by atoms with Crippen LogP contribution < -0.4 is 4.90 Å². The van der Waals surface area contributed by atoms with E-state index >= 15 is 0 Å². The second-order valence-corrected chi connectivity index (χ2v) is 12.8. The van der Waals surface area contributed by atoms with Crippen LogP contribution in [0.4, 0.5) is 19.0 Å². The molecule has 3 aromatic rings. The molecule has 0 unspecified atom stereocenters. The lowest BCUT2D eigenvalue weighted by Crippen LogP contribution is -2.53. The van der Waals surface area contributed by atoms with E-state index in [1.807, 2.05) is 16.7 Å². The van der Waals surface area contributed by atoms with Gasteiger partial charge in [-0.25, -0.2) is 15.0 Å². The minimum Gasteiger partial charge on any atom is -0.480 e. The molecule has 2 aromatic heterocycles. The minimum atomic E-state index is -4.48. The highest BCUT2D eigenvalue weighted by Gasteiger charge is 2.33. The number of hydrogen-bond acceptors (Lipinski definition) is 9. The molecule has 2 saturated heterocycles. The standard InChI is InChI=1S/C31H37F3N6O3S/c1-4-22-6-5-9-39(22)17-26-30(21-8-7-19(2)23(12-21)31(32,33)34)37-28(44-26)13-25(41)24-14-36-27(15-35-24)40-11-10-38(16-20(40)3)18-29(42)43/h7-8,12,14-15,20,22H,4-6,9-11,13,16-18H2,1-3H3,(H,42,43)/t20-,22-/m1/s1. The number of carboxylic acids is 1. The minimum absolute atomic E-state index is 0.0118. The average Bonchev–Trinajstić information content (AvgIpc) is 3.59. The first kappa shape index (κ1) is 32.0. The fraction of sp³-hybridized carbons (Fsp3) is 0.516. The molecule has 1 N–H and O–H groups in total. The molecule has 0 spiro atoms. The third-order valence-electron chi connectivity index (χ3n) is 8.48. The lowest BCUT2D eigenvalue weighted by molar-refractivity contribution is -0.139. The number of rotatable bonds is 10. The number of hydrogen-bond donors (Lipinski definition) is 1. The number of Topliss-reactive ketones (excluding diaryl/α,β-unsaturated/α-hetero) is 1. The number of aryl methyl sites for hydroxylation is 1. The highest BCUT2D eigenvalue weighted by Crippen LogP contribution is 2.38. The maximum atomic E-state index is 13.8. The zero-order valence-electron chi connectivity index (χ0n) is 25.1. The summed E-state index contributed by atoms with van der Waals surface area (Å²) in [5.41, 5.74) is 0.526. The first-order valence-corrected chi connectivity index (χ1v) is 15.7. The SMILES string of the molecule is CC[C@@H]1CCCN1Cc1sc(CC(=O)c2cnc(N3CCN(CC(=O)O)C[C@H]3C)cn2)nc1-c1ccc(C)c(C(F)(F)F)c1. The molecule has 13 heteroatoms. The molecule has 0 radical (unpaired) electrons. The Hall–Kier alpha value is -3.42. The number of aliphatic carboxylic acids is 1. The number of piperazine rings is 1. The number of anilines is 1. The smallest absolute Gasteiger partial charge is 0.416 e. The van der Waals surface area contributed by atoms with Crippen LogP contribution in [0, 0.1) is 6.92 Å². The van der Waals surface area contributed by atoms with E-state index < -0.39 is 17.7 Å². The topological polar surface area (TPSA) is 103 Å². The van der Waals surface area contributed by atoms with Crippen molar-refractivity contribution in [1.82, 2.24) is 24.8 Å². The Morgan fingerprint density at radius 1 is 1.14 bits per heavy atom. The van der Waals surface area contributed by atoms with Gasteiger partial charge in [-0.3, -0.25) is 19.4 Å². The van der Waals surface area contributed by atoms with Gasteiger partial charge in [0.15, 0.2) is 5.78 Å². The summed E-state index contributed by atoms with van der Waals surface area (Å²) in [4.78, 5) is 45.0. The normalized spacial score (nSPS) is 19.9. The van der Waals surface area contributed by atoms with Gasteiger partial charge >= 0.3 is 12.1 Å². The van der Waals surface area contributed by atoms with Gasteiger partial charge in [0.05, 0.1) is 36.6 Å². The summed E-state index contributed by atoms with van der Waals surface area (Å²) in [6.07, 6.45) is 1.63. The number of ketones is 1. The van der Waals surface area contributed by atoms with Gasteiger partial charge in [-0.2, -0.15) is 13.2 Å². The van der Waals surface area contributed by atoms with E-state index in [-0.39, 0.29) is 36.0 Å². The monoisotopic (exact) mass is 630 g/mol. The Morgan fingerprint density at radius 3 is 2.59 bits per heavy atom. The molecule has 0 amide bonds. The number of alkyl halides is 3. The number of likely N-dealkylation sites (tertiary alicyclic amines) is 1. The number of aromatic nitrogens is 3. The zero-order chi connectivity index (χ0) is 31.6. The lowest BCUT2D eigenvalue weighted by Gasteiger charge is -2.39. The second kappa shape index (κ2) is 13.3. The molecule has 4 heterocycles. The van der Waals surface area contributed by atoms with Crippen LogP contribution in [0.25, 0.3) is 11.3 Å². The fourth-order valence-corrected chi connectivity index (χ4v) is 7.30. The van der Waals surface area contributed by atoms with Crippen molar-refractivity contribution in [2.24, 2.45) is 0 Å². The van der Waals surface area contributed by atoms with Gasteiger partial charge in [-0.1, -0.05) is 19.1 Å². The maximum Gasteiger partial charge on any atom is 0.416 e. The van der Waals surface area contributed by atoms with Crippen molar-refractivity contribution in [3.63, 3.8) is 0 Å². The predicted octanol–water partition coefficient (Wildman–Crippen LogP) is 5.32. The second-order valence-electron chi connectivity index (χ2n) is 11.6. The molecule has 5 rings (SSSR count).